The van der Waals surface area contributed by atoms with E-state index in [0.29, 0.717) is 46.0 Å². The van der Waals surface area contributed by atoms with Crippen molar-refractivity contribution in [2.24, 2.45) is 5.73 Å². The highest BCUT2D eigenvalue weighted by molar-refractivity contribution is 7.74. The monoisotopic (exact) mass is 538 g/mol. The number of methoxy groups -OCH3 is 1. The maximum Gasteiger partial charge on any atom is 0.244 e. The first-order valence-corrected chi connectivity index (χ1v) is 12.8. The number of benzene rings is 3. The van der Waals surface area contributed by atoms with Gasteiger partial charge in [0.25, 0.3) is 0 Å². The first-order valence-electron chi connectivity index (χ1n) is 11.3. The minimum absolute atomic E-state index is 0.0228. The highest BCUT2D eigenvalue weighted by Crippen LogP contribution is 2.37. The Hall–Kier alpha value is -3.93. The molecule has 0 atom stereocenters. The van der Waals surface area contributed by atoms with Gasteiger partial charge in [-0.3, -0.25) is 4.79 Å². The van der Waals surface area contributed by atoms with Crippen LogP contribution in [0.3, 0.4) is 0 Å². The number of hydrogen-bond donors (Lipinski definition) is 4. The molecule has 5 rings (SSSR count). The SMILES string of the molecule is COc1ccc(Cl)c(Nc2nc3ccccc3nc2N(c2cccc(NC(=O)C3(N)CC3)c2)[SH](=O)=O)c1. The molecule has 0 radical (unpaired) electrons. The van der Waals surface area contributed by atoms with E-state index < -0.39 is 16.4 Å². The molecule has 0 bridgehead atoms. The van der Waals surface area contributed by atoms with Gasteiger partial charge in [0.1, 0.15) is 5.75 Å². The zero-order valence-corrected chi connectivity index (χ0v) is 21.3. The number of fused-ring (bicyclic) bond motifs is 1. The van der Waals surface area contributed by atoms with Gasteiger partial charge < -0.3 is 21.1 Å². The summed E-state index contributed by atoms with van der Waals surface area (Å²) in [6.07, 6.45) is 1.21. The van der Waals surface area contributed by atoms with Crippen LogP contribution in [0.1, 0.15) is 12.8 Å². The largest absolute Gasteiger partial charge is 0.497 e. The minimum Gasteiger partial charge on any atom is -0.497 e. The number of thiol groups is 1. The van der Waals surface area contributed by atoms with Crippen molar-refractivity contribution < 1.29 is 17.9 Å². The molecule has 0 saturated heterocycles. The second-order valence-corrected chi connectivity index (χ2v) is 9.85. The zero-order chi connectivity index (χ0) is 26.2. The number of amides is 1. The number of aromatic nitrogens is 2. The number of para-hydroxylation sites is 2. The molecule has 1 heterocycles. The van der Waals surface area contributed by atoms with E-state index in [1.165, 1.54) is 13.2 Å². The van der Waals surface area contributed by atoms with Crippen molar-refractivity contribution >= 4 is 68.1 Å². The highest BCUT2D eigenvalue weighted by Gasteiger charge is 2.46. The molecule has 3 aromatic carbocycles. The maximum atomic E-state index is 12.6. The van der Waals surface area contributed by atoms with Gasteiger partial charge in [0.05, 0.1) is 40.1 Å². The van der Waals surface area contributed by atoms with Crippen LogP contribution in [0.25, 0.3) is 11.0 Å². The number of nitrogens with two attached hydrogens (primary N) is 1. The molecule has 0 spiro atoms. The van der Waals surface area contributed by atoms with Crippen LogP contribution < -0.4 is 25.4 Å². The number of halogens is 1. The number of carbonyl (C=O) groups is 1. The number of anilines is 5. The molecule has 1 aliphatic rings. The van der Waals surface area contributed by atoms with E-state index in [9.17, 15) is 13.2 Å². The summed E-state index contributed by atoms with van der Waals surface area (Å²) >= 11 is 6.39. The summed E-state index contributed by atoms with van der Waals surface area (Å²) in [6, 6.07) is 18.5. The first-order chi connectivity index (χ1) is 17.8. The van der Waals surface area contributed by atoms with Crippen molar-refractivity contribution in [3.05, 3.63) is 71.8 Å². The third-order valence-corrected chi connectivity index (χ3v) is 7.01. The van der Waals surface area contributed by atoms with Crippen LogP contribution in [0.15, 0.2) is 66.7 Å². The molecule has 0 unspecified atom stereocenters. The molecule has 1 aromatic heterocycles. The third kappa shape index (κ3) is 5.15. The van der Waals surface area contributed by atoms with E-state index in [0.717, 1.165) is 4.31 Å². The van der Waals surface area contributed by atoms with Crippen LogP contribution in [0.5, 0.6) is 5.75 Å². The number of hydrogen-bond acceptors (Lipinski definition) is 8. The third-order valence-electron chi connectivity index (χ3n) is 5.93. The van der Waals surface area contributed by atoms with Gasteiger partial charge in [-0.25, -0.2) is 22.7 Å². The standard InChI is InChI=1S/C25H23ClN6O4S/c1-36-17-9-10-18(26)21(14-17)30-22-23(31-20-8-3-2-7-19(20)29-22)32(37(34)35)16-6-4-5-15(13-16)28-24(33)25(27)11-12-25/h2-10,13-14,37H,11-12,27H2,1H3,(H,28,33)(H,29,30). The summed E-state index contributed by atoms with van der Waals surface area (Å²) < 4.78 is 31.6. The molecular weight excluding hydrogens is 516 g/mol. The van der Waals surface area contributed by atoms with Crippen LogP contribution >= 0.6 is 11.6 Å². The van der Waals surface area contributed by atoms with E-state index in [4.69, 9.17) is 22.1 Å². The Kier molecular flexibility index (Phi) is 6.59. The molecule has 1 saturated carbocycles. The Bertz CT molecular complexity index is 1580. The fourth-order valence-electron chi connectivity index (χ4n) is 3.70. The molecule has 12 heteroatoms. The Labute approximate surface area is 219 Å². The lowest BCUT2D eigenvalue weighted by Crippen LogP contribution is -2.37. The van der Waals surface area contributed by atoms with Crippen LogP contribution in [0, 0.1) is 0 Å². The van der Waals surface area contributed by atoms with Crippen molar-refractivity contribution in [2.75, 3.05) is 22.0 Å². The molecule has 37 heavy (non-hydrogen) atoms. The summed E-state index contributed by atoms with van der Waals surface area (Å²) in [6.45, 7) is 0. The van der Waals surface area contributed by atoms with E-state index >= 15 is 0 Å². The average molecular weight is 539 g/mol. The van der Waals surface area contributed by atoms with Crippen molar-refractivity contribution in [3.63, 3.8) is 0 Å². The fraction of sp³-hybridized carbons (Fsp3) is 0.160. The Morgan fingerprint density at radius 2 is 1.78 bits per heavy atom. The van der Waals surface area contributed by atoms with E-state index in [1.54, 1.807) is 60.7 Å². The van der Waals surface area contributed by atoms with Gasteiger partial charge in [-0.15, -0.1) is 0 Å². The van der Waals surface area contributed by atoms with Gasteiger partial charge in [-0.05, 0) is 55.3 Å². The quantitative estimate of drug-likeness (QED) is 0.245. The number of nitrogens with one attached hydrogen (secondary N) is 2. The van der Waals surface area contributed by atoms with Crippen molar-refractivity contribution in [3.8, 4) is 5.75 Å². The molecule has 1 aliphatic carbocycles. The fourth-order valence-corrected chi connectivity index (χ4v) is 4.48. The van der Waals surface area contributed by atoms with Gasteiger partial charge in [0, 0.05) is 11.8 Å². The summed E-state index contributed by atoms with van der Waals surface area (Å²) in [4.78, 5) is 21.7. The summed E-state index contributed by atoms with van der Waals surface area (Å²) in [5.74, 6) is 0.407. The topological polar surface area (TPSA) is 140 Å². The summed E-state index contributed by atoms with van der Waals surface area (Å²) in [5, 5.41) is 6.25. The van der Waals surface area contributed by atoms with Crippen LogP contribution in [-0.2, 0) is 15.7 Å². The predicted molar refractivity (Wildman–Crippen MR) is 145 cm³/mol. The Balaban J connectivity index is 1.61. The molecule has 1 fully saturated rings. The van der Waals surface area contributed by atoms with Gasteiger partial charge in [-0.2, -0.15) is 0 Å². The van der Waals surface area contributed by atoms with Crippen molar-refractivity contribution in [1.29, 1.82) is 0 Å². The molecule has 1 amide bonds. The smallest absolute Gasteiger partial charge is 0.244 e. The summed E-state index contributed by atoms with van der Waals surface area (Å²) in [5.41, 5.74) is 7.25. The lowest BCUT2D eigenvalue weighted by molar-refractivity contribution is -0.118. The molecular formula is C25H23ClN6O4S. The highest BCUT2D eigenvalue weighted by atomic mass is 35.5. The van der Waals surface area contributed by atoms with E-state index in [2.05, 4.69) is 20.6 Å². The van der Waals surface area contributed by atoms with Crippen molar-refractivity contribution in [2.45, 2.75) is 18.4 Å². The lowest BCUT2D eigenvalue weighted by atomic mass is 10.2. The number of ether oxygens (including phenoxy) is 1. The normalized spacial score (nSPS) is 13.8. The first kappa shape index (κ1) is 24.8. The zero-order valence-electron chi connectivity index (χ0n) is 19.6. The number of nitrogens with zero attached hydrogens (tertiary/aromatic N) is 3. The molecule has 4 N–H and O–H groups in total. The van der Waals surface area contributed by atoms with Gasteiger partial charge >= 0.3 is 0 Å². The molecule has 0 aliphatic heterocycles. The van der Waals surface area contributed by atoms with E-state index in [-0.39, 0.29) is 23.2 Å². The maximum absolute atomic E-state index is 12.6. The Morgan fingerprint density at radius 1 is 1.05 bits per heavy atom. The van der Waals surface area contributed by atoms with Gasteiger partial charge in [0.2, 0.25) is 16.8 Å². The van der Waals surface area contributed by atoms with Gasteiger partial charge in [-0.1, -0.05) is 29.8 Å². The second-order valence-electron chi connectivity index (χ2n) is 8.57. The molecule has 4 aromatic rings. The number of carbonyl (C=O) groups excluding carboxylic acids is 1. The second kappa shape index (κ2) is 9.85. The number of rotatable bonds is 8. The van der Waals surface area contributed by atoms with Crippen molar-refractivity contribution in [1.82, 2.24) is 9.97 Å². The van der Waals surface area contributed by atoms with E-state index in [1.807, 2.05) is 0 Å². The lowest BCUT2D eigenvalue weighted by Gasteiger charge is -2.21. The minimum atomic E-state index is -3.23. The average Bonchev–Trinajstić information content (AvgIpc) is 3.64. The van der Waals surface area contributed by atoms with Crippen LogP contribution in [0.4, 0.5) is 28.7 Å². The molecule has 10 nitrogen and oxygen atoms in total. The Morgan fingerprint density at radius 3 is 2.46 bits per heavy atom. The van der Waals surface area contributed by atoms with Crippen LogP contribution in [0.2, 0.25) is 5.02 Å². The predicted octanol–water partition coefficient (Wildman–Crippen LogP) is 4.13. The summed E-state index contributed by atoms with van der Waals surface area (Å²) in [7, 11) is -1.70. The van der Waals surface area contributed by atoms with Crippen LogP contribution in [-0.4, -0.2) is 36.9 Å². The van der Waals surface area contributed by atoms with Gasteiger partial charge in [0.15, 0.2) is 11.6 Å². The molecule has 190 valence electrons.